The van der Waals surface area contributed by atoms with Crippen molar-refractivity contribution < 1.29 is 35.2 Å². The van der Waals surface area contributed by atoms with Crippen LogP contribution in [-0.4, -0.2) is 41.2 Å². The minimum Gasteiger partial charge on any atom is -0.349 e. The Kier molecular flexibility index (Phi) is 7.29. The SMILES string of the molecule is C[C@H]1CCN(S(=O)(=O)c2ccc(F)cc2)[C@@H]1C(=O)NCc1cc(-c2ccc(C(F)(F)F)c(F)c2)ncn1. The van der Waals surface area contributed by atoms with Crippen LogP contribution < -0.4 is 5.32 Å². The lowest BCUT2D eigenvalue weighted by molar-refractivity contribution is -0.140. The van der Waals surface area contributed by atoms with E-state index in [2.05, 4.69) is 15.3 Å². The van der Waals surface area contributed by atoms with Crippen molar-refractivity contribution >= 4 is 15.9 Å². The molecule has 0 spiro atoms. The maximum absolute atomic E-state index is 14.0. The first-order valence-electron chi connectivity index (χ1n) is 11.1. The normalized spacial score (nSPS) is 18.6. The van der Waals surface area contributed by atoms with Crippen LogP contribution in [0.15, 0.2) is 59.8 Å². The van der Waals surface area contributed by atoms with Gasteiger partial charge in [0.15, 0.2) is 0 Å². The van der Waals surface area contributed by atoms with Crippen LogP contribution in [0, 0.1) is 17.6 Å². The molecule has 1 aliphatic rings. The zero-order valence-corrected chi connectivity index (χ0v) is 20.2. The average molecular weight is 541 g/mol. The minimum absolute atomic E-state index is 0.0847. The third kappa shape index (κ3) is 5.62. The molecule has 0 radical (unpaired) electrons. The highest BCUT2D eigenvalue weighted by Crippen LogP contribution is 2.33. The fraction of sp³-hybridized carbons (Fsp3) is 0.292. The number of benzene rings is 2. The van der Waals surface area contributed by atoms with Gasteiger partial charge in [0, 0.05) is 12.1 Å². The van der Waals surface area contributed by atoms with Crippen molar-refractivity contribution in [2.75, 3.05) is 6.54 Å². The predicted molar refractivity (Wildman–Crippen MR) is 122 cm³/mol. The molecule has 1 saturated heterocycles. The van der Waals surface area contributed by atoms with Crippen LogP contribution in [0.2, 0.25) is 0 Å². The first kappa shape index (κ1) is 26.6. The van der Waals surface area contributed by atoms with E-state index < -0.39 is 45.3 Å². The summed E-state index contributed by atoms with van der Waals surface area (Å²) in [7, 11) is -4.06. The van der Waals surface area contributed by atoms with Crippen LogP contribution in [0.3, 0.4) is 0 Å². The summed E-state index contributed by atoms with van der Waals surface area (Å²) in [5.41, 5.74) is -0.899. The molecule has 2 aromatic carbocycles. The summed E-state index contributed by atoms with van der Waals surface area (Å²) in [5, 5.41) is 2.63. The highest BCUT2D eigenvalue weighted by Gasteiger charge is 2.43. The van der Waals surface area contributed by atoms with E-state index in [-0.39, 0.29) is 40.9 Å². The van der Waals surface area contributed by atoms with Crippen molar-refractivity contribution in [1.82, 2.24) is 19.6 Å². The Labute approximate surface area is 209 Å². The van der Waals surface area contributed by atoms with Crippen molar-refractivity contribution in [1.29, 1.82) is 0 Å². The quantitative estimate of drug-likeness (QED) is 0.475. The summed E-state index contributed by atoms with van der Waals surface area (Å²) >= 11 is 0. The van der Waals surface area contributed by atoms with E-state index in [1.807, 2.05) is 0 Å². The van der Waals surface area contributed by atoms with Gasteiger partial charge in [-0.2, -0.15) is 17.5 Å². The second-order valence-corrected chi connectivity index (χ2v) is 10.5. The molecule has 1 N–H and O–H groups in total. The van der Waals surface area contributed by atoms with E-state index in [0.717, 1.165) is 41.0 Å². The van der Waals surface area contributed by atoms with E-state index in [0.29, 0.717) is 18.6 Å². The molecule has 0 bridgehead atoms. The van der Waals surface area contributed by atoms with Gasteiger partial charge in [-0.05, 0) is 54.8 Å². The van der Waals surface area contributed by atoms with E-state index >= 15 is 0 Å². The Balaban J connectivity index is 1.49. The maximum atomic E-state index is 14.0. The molecular formula is C24H21F5N4O3S. The summed E-state index contributed by atoms with van der Waals surface area (Å²) in [6, 6.07) is 7.10. The highest BCUT2D eigenvalue weighted by molar-refractivity contribution is 7.89. The molecule has 4 rings (SSSR count). The van der Waals surface area contributed by atoms with Crippen LogP contribution in [-0.2, 0) is 27.5 Å². The first-order chi connectivity index (χ1) is 17.4. The van der Waals surface area contributed by atoms with E-state index in [1.54, 1.807) is 6.92 Å². The van der Waals surface area contributed by atoms with Crippen LogP contribution in [0.25, 0.3) is 11.3 Å². The Bertz CT molecular complexity index is 1410. The van der Waals surface area contributed by atoms with Crippen molar-refractivity contribution in [3.05, 3.63) is 77.8 Å². The summed E-state index contributed by atoms with van der Waals surface area (Å²) in [4.78, 5) is 20.9. The fourth-order valence-corrected chi connectivity index (χ4v) is 5.85. The largest absolute Gasteiger partial charge is 0.419 e. The molecule has 0 saturated carbocycles. The van der Waals surface area contributed by atoms with Gasteiger partial charge in [-0.15, -0.1) is 0 Å². The van der Waals surface area contributed by atoms with Crippen molar-refractivity contribution in [3.8, 4) is 11.3 Å². The van der Waals surface area contributed by atoms with Gasteiger partial charge >= 0.3 is 6.18 Å². The Morgan fingerprint density at radius 3 is 2.43 bits per heavy atom. The van der Waals surface area contributed by atoms with Gasteiger partial charge in [0.2, 0.25) is 15.9 Å². The Morgan fingerprint density at radius 2 is 1.78 bits per heavy atom. The lowest BCUT2D eigenvalue weighted by Crippen LogP contribution is -2.47. The van der Waals surface area contributed by atoms with Gasteiger partial charge in [0.1, 0.15) is 24.0 Å². The number of nitrogens with one attached hydrogen (secondary N) is 1. The van der Waals surface area contributed by atoms with Crippen LogP contribution >= 0.6 is 0 Å². The maximum Gasteiger partial charge on any atom is 0.419 e. The van der Waals surface area contributed by atoms with E-state index in [9.17, 15) is 35.2 Å². The fourth-order valence-electron chi connectivity index (χ4n) is 4.15. The van der Waals surface area contributed by atoms with Crippen molar-refractivity contribution in [3.63, 3.8) is 0 Å². The molecule has 1 amide bonds. The van der Waals surface area contributed by atoms with Gasteiger partial charge in [0.05, 0.1) is 28.4 Å². The molecule has 13 heteroatoms. The van der Waals surface area contributed by atoms with Gasteiger partial charge in [-0.1, -0.05) is 13.0 Å². The number of halogens is 5. The number of rotatable bonds is 6. The molecular weight excluding hydrogens is 519 g/mol. The standard InChI is InChI=1S/C24H21F5N4O3S/c1-14-8-9-33(37(35,36)18-5-3-16(25)4-6-18)22(14)23(34)30-12-17-11-21(32-13-31-17)15-2-7-19(20(26)10-15)24(27,28)29/h2-7,10-11,13-14,22H,8-9,12H2,1H3,(H,30,34)/t14-,22-/m0/s1. The molecule has 0 aliphatic carbocycles. The van der Waals surface area contributed by atoms with Gasteiger partial charge in [0.25, 0.3) is 0 Å². The molecule has 1 aliphatic heterocycles. The molecule has 37 heavy (non-hydrogen) atoms. The number of amides is 1. The lowest BCUT2D eigenvalue weighted by Gasteiger charge is -2.25. The molecule has 1 aromatic heterocycles. The second kappa shape index (κ2) is 10.1. The number of nitrogens with zero attached hydrogens (tertiary/aromatic N) is 3. The summed E-state index contributed by atoms with van der Waals surface area (Å²) in [5.74, 6) is -2.91. The molecule has 2 atom stereocenters. The zero-order chi connectivity index (χ0) is 27.0. The average Bonchev–Trinajstić information content (AvgIpc) is 3.24. The highest BCUT2D eigenvalue weighted by atomic mass is 32.2. The molecule has 2 heterocycles. The van der Waals surface area contributed by atoms with Gasteiger partial charge in [-0.25, -0.2) is 27.2 Å². The van der Waals surface area contributed by atoms with Gasteiger partial charge in [-0.3, -0.25) is 4.79 Å². The molecule has 196 valence electrons. The first-order valence-corrected chi connectivity index (χ1v) is 12.5. The third-order valence-corrected chi connectivity index (χ3v) is 7.98. The Hall–Kier alpha value is -3.45. The topological polar surface area (TPSA) is 92.3 Å². The third-order valence-electron chi connectivity index (χ3n) is 6.08. The Morgan fingerprint density at radius 1 is 1.08 bits per heavy atom. The number of hydrogen-bond donors (Lipinski definition) is 1. The number of hydrogen-bond acceptors (Lipinski definition) is 5. The predicted octanol–water partition coefficient (Wildman–Crippen LogP) is 4.16. The van der Waals surface area contributed by atoms with E-state index in [1.165, 1.54) is 6.07 Å². The van der Waals surface area contributed by atoms with Crippen molar-refractivity contribution in [2.45, 2.75) is 37.0 Å². The zero-order valence-electron chi connectivity index (χ0n) is 19.3. The monoisotopic (exact) mass is 540 g/mol. The number of carbonyl (C=O) groups excluding carboxylic acids is 1. The molecule has 7 nitrogen and oxygen atoms in total. The number of sulfonamides is 1. The molecule has 3 aromatic rings. The lowest BCUT2D eigenvalue weighted by atomic mass is 10.0. The second-order valence-electron chi connectivity index (χ2n) is 8.59. The minimum atomic E-state index is -4.83. The van der Waals surface area contributed by atoms with E-state index in [4.69, 9.17) is 0 Å². The van der Waals surface area contributed by atoms with Crippen LogP contribution in [0.1, 0.15) is 24.6 Å². The summed E-state index contributed by atoms with van der Waals surface area (Å²) in [6.45, 7) is 1.72. The van der Waals surface area contributed by atoms with Gasteiger partial charge < -0.3 is 5.32 Å². The number of aromatic nitrogens is 2. The number of carbonyl (C=O) groups is 1. The summed E-state index contributed by atoms with van der Waals surface area (Å²) in [6.07, 6.45) is -3.27. The molecule has 1 fully saturated rings. The smallest absolute Gasteiger partial charge is 0.349 e. The molecule has 0 unspecified atom stereocenters. The van der Waals surface area contributed by atoms with Crippen LogP contribution in [0.4, 0.5) is 22.0 Å². The summed E-state index contributed by atoms with van der Waals surface area (Å²) < 4.78 is 93.0. The number of alkyl halides is 3. The van der Waals surface area contributed by atoms with Crippen molar-refractivity contribution in [2.24, 2.45) is 5.92 Å². The van der Waals surface area contributed by atoms with Crippen LogP contribution in [0.5, 0.6) is 0 Å².